The second kappa shape index (κ2) is 7.26. The number of rotatable bonds is 5. The summed E-state index contributed by atoms with van der Waals surface area (Å²) in [5, 5.41) is 29.9. The first-order chi connectivity index (χ1) is 9.71. The van der Waals surface area contributed by atoms with Gasteiger partial charge in [-0.1, -0.05) is 0 Å². The molecule has 1 aliphatic heterocycles. The van der Waals surface area contributed by atoms with E-state index in [2.05, 4.69) is 5.32 Å². The quantitative estimate of drug-likeness (QED) is 0.576. The third-order valence-corrected chi connectivity index (χ3v) is 3.59. The van der Waals surface area contributed by atoms with Gasteiger partial charge < -0.3 is 25.5 Å². The van der Waals surface area contributed by atoms with Gasteiger partial charge in [-0.05, 0) is 32.6 Å². The van der Waals surface area contributed by atoms with Gasteiger partial charge in [0.2, 0.25) is 0 Å². The van der Waals surface area contributed by atoms with Crippen LogP contribution in [0.3, 0.4) is 0 Å². The highest BCUT2D eigenvalue weighted by Crippen LogP contribution is 2.21. The summed E-state index contributed by atoms with van der Waals surface area (Å²) in [5.41, 5.74) is -0.815. The first-order valence-electron chi connectivity index (χ1n) is 6.94. The van der Waals surface area contributed by atoms with Crippen molar-refractivity contribution in [1.82, 2.24) is 10.2 Å². The van der Waals surface area contributed by atoms with E-state index in [1.165, 1.54) is 4.90 Å². The van der Waals surface area contributed by atoms with Crippen molar-refractivity contribution in [3.05, 3.63) is 0 Å². The number of carbonyl (C=O) groups is 3. The van der Waals surface area contributed by atoms with E-state index in [0.717, 1.165) is 0 Å². The van der Waals surface area contributed by atoms with Crippen LogP contribution in [0.4, 0.5) is 4.79 Å². The van der Waals surface area contributed by atoms with Crippen molar-refractivity contribution < 1.29 is 29.7 Å². The number of nitrogens with one attached hydrogen (secondary N) is 1. The van der Waals surface area contributed by atoms with Crippen molar-refractivity contribution in [2.24, 2.45) is 0 Å². The number of nitrogens with zero attached hydrogens (tertiary/aromatic N) is 1. The van der Waals surface area contributed by atoms with Crippen LogP contribution in [0.1, 0.15) is 39.0 Å². The van der Waals surface area contributed by atoms with Gasteiger partial charge in [0.05, 0.1) is 5.60 Å². The number of amides is 2. The molecule has 120 valence electrons. The fraction of sp³-hybridized carbons (Fsp3) is 0.769. The van der Waals surface area contributed by atoms with Gasteiger partial charge in [0.15, 0.2) is 0 Å². The van der Waals surface area contributed by atoms with Gasteiger partial charge in [-0.25, -0.2) is 9.59 Å². The van der Waals surface area contributed by atoms with Crippen molar-refractivity contribution in [2.75, 3.05) is 13.1 Å². The van der Waals surface area contributed by atoms with Crippen LogP contribution in [-0.4, -0.2) is 62.9 Å². The molecular weight excluding hydrogens is 280 g/mol. The Hall–Kier alpha value is -1.83. The standard InChI is InChI=1S/C13H22N2O6/c1-13(21)5-2-7-15(8-6-13)12(20)14-9(11(18)19)3-4-10(16)17/h9,21H,2-8H2,1H3,(H,14,20)(H,16,17)(H,18,19). The van der Waals surface area contributed by atoms with Crippen LogP contribution < -0.4 is 5.32 Å². The number of aliphatic carboxylic acids is 2. The Morgan fingerprint density at radius 1 is 1.24 bits per heavy atom. The van der Waals surface area contributed by atoms with E-state index < -0.39 is 29.6 Å². The maximum absolute atomic E-state index is 12.0. The minimum absolute atomic E-state index is 0.165. The lowest BCUT2D eigenvalue weighted by molar-refractivity contribution is -0.140. The van der Waals surface area contributed by atoms with Crippen LogP contribution in [0.15, 0.2) is 0 Å². The van der Waals surface area contributed by atoms with Crippen LogP contribution in [0.2, 0.25) is 0 Å². The average molecular weight is 302 g/mol. The normalized spacial score (nSPS) is 24.0. The van der Waals surface area contributed by atoms with Crippen molar-refractivity contribution in [3.63, 3.8) is 0 Å². The predicted octanol–water partition coefficient (Wildman–Crippen LogP) is 0.251. The molecule has 0 spiro atoms. The number of hydrogen-bond acceptors (Lipinski definition) is 4. The van der Waals surface area contributed by atoms with Crippen molar-refractivity contribution in [2.45, 2.75) is 50.7 Å². The van der Waals surface area contributed by atoms with Crippen LogP contribution in [0.25, 0.3) is 0 Å². The molecule has 0 saturated carbocycles. The summed E-state index contributed by atoms with van der Waals surface area (Å²) in [6, 6.07) is -1.76. The van der Waals surface area contributed by atoms with E-state index in [0.29, 0.717) is 32.4 Å². The molecule has 0 aromatic carbocycles. The molecule has 1 rings (SSSR count). The topological polar surface area (TPSA) is 127 Å². The summed E-state index contributed by atoms with van der Waals surface area (Å²) < 4.78 is 0. The molecule has 2 unspecified atom stereocenters. The predicted molar refractivity (Wildman–Crippen MR) is 72.9 cm³/mol. The maximum atomic E-state index is 12.0. The zero-order valence-electron chi connectivity index (χ0n) is 12.0. The number of carboxylic acids is 2. The van der Waals surface area contributed by atoms with Crippen LogP contribution in [0.5, 0.6) is 0 Å². The molecule has 0 aromatic rings. The number of aliphatic hydroxyl groups is 1. The Kier molecular flexibility index (Phi) is 5.95. The van der Waals surface area contributed by atoms with Crippen LogP contribution in [-0.2, 0) is 9.59 Å². The molecule has 2 atom stereocenters. The first-order valence-corrected chi connectivity index (χ1v) is 6.94. The molecule has 1 saturated heterocycles. The van der Waals surface area contributed by atoms with Gasteiger partial charge in [0.1, 0.15) is 6.04 Å². The summed E-state index contributed by atoms with van der Waals surface area (Å²) >= 11 is 0. The molecule has 21 heavy (non-hydrogen) atoms. The Labute approximate surface area is 122 Å². The molecule has 1 fully saturated rings. The summed E-state index contributed by atoms with van der Waals surface area (Å²) in [7, 11) is 0. The molecule has 1 aliphatic rings. The lowest BCUT2D eigenvalue weighted by Crippen LogP contribution is -2.48. The molecular formula is C13H22N2O6. The Morgan fingerprint density at radius 2 is 1.90 bits per heavy atom. The molecule has 1 heterocycles. The zero-order chi connectivity index (χ0) is 16.0. The number of carboxylic acid groups (broad SMARTS) is 2. The Balaban J connectivity index is 2.56. The SMILES string of the molecule is CC1(O)CCCN(C(=O)NC(CCC(=O)O)C(=O)O)CC1. The van der Waals surface area contributed by atoms with Gasteiger partial charge in [0, 0.05) is 19.5 Å². The average Bonchev–Trinajstić information content (AvgIpc) is 2.54. The van der Waals surface area contributed by atoms with Gasteiger partial charge in [0.25, 0.3) is 0 Å². The van der Waals surface area contributed by atoms with Gasteiger partial charge in [-0.2, -0.15) is 0 Å². The highest BCUT2D eigenvalue weighted by atomic mass is 16.4. The van der Waals surface area contributed by atoms with E-state index in [9.17, 15) is 19.5 Å². The largest absolute Gasteiger partial charge is 0.481 e. The molecule has 4 N–H and O–H groups in total. The second-order valence-corrected chi connectivity index (χ2v) is 5.61. The highest BCUT2D eigenvalue weighted by Gasteiger charge is 2.29. The van der Waals surface area contributed by atoms with Crippen LogP contribution >= 0.6 is 0 Å². The molecule has 0 aromatic heterocycles. The van der Waals surface area contributed by atoms with E-state index in [4.69, 9.17) is 10.2 Å². The lowest BCUT2D eigenvalue weighted by atomic mass is 9.98. The monoisotopic (exact) mass is 302 g/mol. The van der Waals surface area contributed by atoms with E-state index in [1.807, 2.05) is 0 Å². The third-order valence-electron chi connectivity index (χ3n) is 3.59. The minimum Gasteiger partial charge on any atom is -0.481 e. The lowest BCUT2D eigenvalue weighted by Gasteiger charge is -2.24. The summed E-state index contributed by atoms with van der Waals surface area (Å²) in [6.45, 7) is 2.48. The third kappa shape index (κ3) is 5.99. The van der Waals surface area contributed by atoms with E-state index in [-0.39, 0.29) is 12.8 Å². The van der Waals surface area contributed by atoms with Gasteiger partial charge in [-0.15, -0.1) is 0 Å². The van der Waals surface area contributed by atoms with E-state index in [1.54, 1.807) is 6.92 Å². The minimum atomic E-state index is -1.26. The first kappa shape index (κ1) is 17.2. The maximum Gasteiger partial charge on any atom is 0.326 e. The number of urea groups is 1. The number of hydrogen-bond donors (Lipinski definition) is 4. The van der Waals surface area contributed by atoms with Crippen LogP contribution in [0, 0.1) is 0 Å². The second-order valence-electron chi connectivity index (χ2n) is 5.61. The molecule has 0 bridgehead atoms. The summed E-state index contributed by atoms with van der Waals surface area (Å²) in [4.78, 5) is 35.0. The summed E-state index contributed by atoms with van der Waals surface area (Å²) in [6.07, 6.45) is 1.15. The number of likely N-dealkylation sites (tertiary alicyclic amines) is 1. The fourth-order valence-electron chi connectivity index (χ4n) is 2.23. The fourth-order valence-corrected chi connectivity index (χ4v) is 2.23. The highest BCUT2D eigenvalue weighted by molar-refractivity contribution is 5.83. The van der Waals surface area contributed by atoms with Crippen molar-refractivity contribution in [1.29, 1.82) is 0 Å². The number of carbonyl (C=O) groups excluding carboxylic acids is 1. The Bertz CT molecular complexity index is 409. The van der Waals surface area contributed by atoms with Gasteiger partial charge in [-0.3, -0.25) is 4.79 Å². The smallest absolute Gasteiger partial charge is 0.326 e. The molecule has 0 aliphatic carbocycles. The summed E-state index contributed by atoms with van der Waals surface area (Å²) in [5.74, 6) is -2.37. The van der Waals surface area contributed by atoms with E-state index >= 15 is 0 Å². The molecule has 0 radical (unpaired) electrons. The Morgan fingerprint density at radius 3 is 2.48 bits per heavy atom. The zero-order valence-corrected chi connectivity index (χ0v) is 12.0. The van der Waals surface area contributed by atoms with Crippen molar-refractivity contribution >= 4 is 18.0 Å². The molecule has 8 nitrogen and oxygen atoms in total. The molecule has 8 heteroatoms. The molecule has 2 amide bonds. The van der Waals surface area contributed by atoms with Gasteiger partial charge >= 0.3 is 18.0 Å². The van der Waals surface area contributed by atoms with Crippen molar-refractivity contribution in [3.8, 4) is 0 Å².